The largest absolute Gasteiger partial charge is 0.868 e. The summed E-state index contributed by atoms with van der Waals surface area (Å²) < 4.78 is 4.97. The molecule has 0 N–H and O–H groups in total. The van der Waals surface area contributed by atoms with E-state index in [-0.39, 0.29) is 18.1 Å². The predicted octanol–water partition coefficient (Wildman–Crippen LogP) is 3.42. The normalized spacial score (nSPS) is 22.8. The van der Waals surface area contributed by atoms with Gasteiger partial charge in [0.25, 0.3) is 5.69 Å². The van der Waals surface area contributed by atoms with Gasteiger partial charge in [-0.2, -0.15) is 0 Å². The molecule has 0 bridgehead atoms. The fraction of sp³-hybridized carbons (Fsp3) is 0.292. The van der Waals surface area contributed by atoms with Crippen LogP contribution in [0.5, 0.6) is 5.75 Å². The summed E-state index contributed by atoms with van der Waals surface area (Å²) in [5.41, 5.74) is 2.19. The van der Waals surface area contributed by atoms with Crippen LogP contribution in [-0.4, -0.2) is 29.5 Å². The maximum atomic E-state index is 13.4. The lowest BCUT2D eigenvalue weighted by Gasteiger charge is -2.36. The van der Waals surface area contributed by atoms with Gasteiger partial charge in [0.1, 0.15) is 5.92 Å². The second-order valence-electron chi connectivity index (χ2n) is 8.02. The standard InChI is InChI=1S/C24H22N2O6/c1-13-21(24(29)32-2)22(15-8-9-19(27)18(11-15)26(30)31)23-17(25-13)10-16(12-20(23)28)14-6-4-3-5-7-14/h3-9,11,16,21-22,27H,10,12H2,1-2H3/p-1/t16-,21?,22-/m0/s1. The van der Waals surface area contributed by atoms with Crippen molar-refractivity contribution < 1.29 is 24.4 Å². The van der Waals surface area contributed by atoms with Gasteiger partial charge in [-0.25, -0.2) is 0 Å². The summed E-state index contributed by atoms with van der Waals surface area (Å²) in [5.74, 6) is -3.25. The first-order valence-corrected chi connectivity index (χ1v) is 10.2. The molecular weight excluding hydrogens is 412 g/mol. The van der Waals surface area contributed by atoms with E-state index in [2.05, 4.69) is 4.99 Å². The van der Waals surface area contributed by atoms with Gasteiger partial charge in [-0.05, 0) is 36.1 Å². The number of methoxy groups -OCH3 is 1. The van der Waals surface area contributed by atoms with Gasteiger partial charge in [0.15, 0.2) is 5.78 Å². The average Bonchev–Trinajstić information content (AvgIpc) is 2.78. The molecule has 8 nitrogen and oxygen atoms in total. The van der Waals surface area contributed by atoms with Crippen molar-refractivity contribution in [2.75, 3.05) is 7.11 Å². The molecule has 32 heavy (non-hydrogen) atoms. The van der Waals surface area contributed by atoms with Crippen LogP contribution in [-0.2, 0) is 14.3 Å². The van der Waals surface area contributed by atoms with E-state index < -0.39 is 34.2 Å². The van der Waals surface area contributed by atoms with E-state index in [4.69, 9.17) is 4.74 Å². The maximum absolute atomic E-state index is 13.4. The molecule has 0 fully saturated rings. The summed E-state index contributed by atoms with van der Waals surface area (Å²) in [7, 11) is 1.24. The van der Waals surface area contributed by atoms with Gasteiger partial charge in [-0.15, -0.1) is 0 Å². The molecule has 3 atom stereocenters. The molecule has 2 aromatic carbocycles. The van der Waals surface area contributed by atoms with Gasteiger partial charge >= 0.3 is 5.97 Å². The van der Waals surface area contributed by atoms with Crippen LogP contribution in [0.25, 0.3) is 0 Å². The Balaban J connectivity index is 1.86. The molecular formula is C24H21N2O6-. The lowest BCUT2D eigenvalue weighted by atomic mass is 9.69. The lowest BCUT2D eigenvalue weighted by molar-refractivity contribution is -0.398. The third-order valence-corrected chi connectivity index (χ3v) is 6.15. The van der Waals surface area contributed by atoms with Crippen molar-refractivity contribution in [1.82, 2.24) is 0 Å². The first-order valence-electron chi connectivity index (χ1n) is 10.2. The number of aliphatic imine (C=N–C) groups is 1. The second-order valence-corrected chi connectivity index (χ2v) is 8.02. The zero-order chi connectivity index (χ0) is 23.0. The Hall–Kier alpha value is -3.81. The highest BCUT2D eigenvalue weighted by atomic mass is 16.6. The van der Waals surface area contributed by atoms with Crippen molar-refractivity contribution in [1.29, 1.82) is 0 Å². The van der Waals surface area contributed by atoms with Crippen molar-refractivity contribution >= 4 is 23.2 Å². The molecule has 2 aromatic rings. The molecule has 164 valence electrons. The molecule has 0 spiro atoms. The number of hydrogen-bond donors (Lipinski definition) is 0. The molecule has 1 heterocycles. The van der Waals surface area contributed by atoms with Gasteiger partial charge in [-0.3, -0.25) is 24.7 Å². The Bertz CT molecular complexity index is 1170. The smallest absolute Gasteiger partial charge is 0.315 e. The number of ketones is 1. The summed E-state index contributed by atoms with van der Waals surface area (Å²) in [5, 5.41) is 23.3. The summed E-state index contributed by atoms with van der Waals surface area (Å²) in [6.45, 7) is 1.69. The van der Waals surface area contributed by atoms with E-state index in [1.54, 1.807) is 6.92 Å². The van der Waals surface area contributed by atoms with Crippen LogP contribution in [0, 0.1) is 16.0 Å². The molecule has 1 unspecified atom stereocenters. The number of esters is 1. The van der Waals surface area contributed by atoms with Crippen LogP contribution in [0.15, 0.2) is 64.8 Å². The second kappa shape index (κ2) is 8.37. The van der Waals surface area contributed by atoms with E-state index in [1.165, 1.54) is 13.2 Å². The fourth-order valence-electron chi connectivity index (χ4n) is 4.68. The number of hydrogen-bond acceptors (Lipinski definition) is 7. The van der Waals surface area contributed by atoms with Crippen LogP contribution in [0.1, 0.15) is 42.7 Å². The van der Waals surface area contributed by atoms with Crippen LogP contribution in [0.4, 0.5) is 5.69 Å². The molecule has 0 aromatic heterocycles. The molecule has 0 amide bonds. The van der Waals surface area contributed by atoms with Gasteiger partial charge < -0.3 is 9.84 Å². The number of nitro benzene ring substituents is 1. The number of Topliss-reactive ketones (excluding diaryl/α,β-unsaturated/α-hetero) is 1. The van der Waals surface area contributed by atoms with E-state index in [9.17, 15) is 24.8 Å². The topological polar surface area (TPSA) is 122 Å². The number of carbonyl (C=O) groups is 2. The molecule has 0 radical (unpaired) electrons. The van der Waals surface area contributed by atoms with E-state index in [0.717, 1.165) is 17.7 Å². The Morgan fingerprint density at radius 1 is 1.12 bits per heavy atom. The number of nitrogens with zero attached hydrogens (tertiary/aromatic N) is 2. The zero-order valence-corrected chi connectivity index (χ0v) is 17.6. The van der Waals surface area contributed by atoms with Gasteiger partial charge in [0.05, 0.1) is 12.0 Å². The van der Waals surface area contributed by atoms with Crippen molar-refractivity contribution in [2.45, 2.75) is 31.6 Å². The summed E-state index contributed by atoms with van der Waals surface area (Å²) in [6.07, 6.45) is 0.748. The predicted molar refractivity (Wildman–Crippen MR) is 114 cm³/mol. The van der Waals surface area contributed by atoms with E-state index >= 15 is 0 Å². The first kappa shape index (κ1) is 21.4. The maximum Gasteiger partial charge on any atom is 0.315 e. The highest BCUT2D eigenvalue weighted by Crippen LogP contribution is 2.47. The number of rotatable bonds is 4. The first-order chi connectivity index (χ1) is 15.3. The van der Waals surface area contributed by atoms with Gasteiger partial charge in [0, 0.05) is 35.4 Å². The molecule has 8 heteroatoms. The van der Waals surface area contributed by atoms with Crippen LogP contribution in [0.3, 0.4) is 0 Å². The van der Waals surface area contributed by atoms with Crippen LogP contribution >= 0.6 is 0 Å². The minimum atomic E-state index is -0.909. The highest BCUT2D eigenvalue weighted by Gasteiger charge is 2.44. The fourth-order valence-corrected chi connectivity index (χ4v) is 4.68. The molecule has 0 saturated carbocycles. The average molecular weight is 433 g/mol. The number of benzene rings is 2. The van der Waals surface area contributed by atoms with Gasteiger partial charge in [0.2, 0.25) is 0 Å². The Kier molecular flexibility index (Phi) is 5.61. The minimum absolute atomic E-state index is 0.0484. The Morgan fingerprint density at radius 3 is 2.50 bits per heavy atom. The number of carbonyl (C=O) groups excluding carboxylic acids is 2. The number of ether oxygens (including phenoxy) is 1. The van der Waals surface area contributed by atoms with E-state index in [1.807, 2.05) is 30.3 Å². The quantitative estimate of drug-likeness (QED) is 0.414. The molecule has 1 aliphatic carbocycles. The van der Waals surface area contributed by atoms with Crippen molar-refractivity contribution in [3.8, 4) is 5.75 Å². The Labute approximate surface area is 184 Å². The van der Waals surface area contributed by atoms with Crippen molar-refractivity contribution in [3.05, 3.63) is 81.0 Å². The zero-order valence-electron chi connectivity index (χ0n) is 17.6. The molecule has 1 aliphatic heterocycles. The third-order valence-electron chi connectivity index (χ3n) is 6.15. The van der Waals surface area contributed by atoms with Crippen LogP contribution < -0.4 is 5.11 Å². The minimum Gasteiger partial charge on any atom is -0.868 e. The summed E-state index contributed by atoms with van der Waals surface area (Å²) in [4.78, 5) is 41.3. The third kappa shape index (κ3) is 3.68. The van der Waals surface area contributed by atoms with E-state index in [0.29, 0.717) is 29.0 Å². The lowest BCUT2D eigenvalue weighted by Crippen LogP contribution is -2.37. The monoisotopic (exact) mass is 433 g/mol. The number of allylic oxidation sites excluding steroid dienone is 2. The summed E-state index contributed by atoms with van der Waals surface area (Å²) in [6, 6.07) is 13.4. The molecule has 0 saturated heterocycles. The Morgan fingerprint density at radius 2 is 1.84 bits per heavy atom. The van der Waals surface area contributed by atoms with Gasteiger partial charge in [-0.1, -0.05) is 42.5 Å². The summed E-state index contributed by atoms with van der Waals surface area (Å²) >= 11 is 0. The molecule has 4 rings (SSSR count). The molecule has 2 aliphatic rings. The number of nitro groups is 1. The highest BCUT2D eigenvalue weighted by molar-refractivity contribution is 6.09. The SMILES string of the molecule is COC(=O)C1C(C)=NC2=C(C(=O)C[C@@H](c3ccccc3)C2)[C@H]1c1ccc([O-])c([N+](=O)[O-])c1. The van der Waals surface area contributed by atoms with Crippen LogP contribution in [0.2, 0.25) is 0 Å². The van der Waals surface area contributed by atoms with Crippen molar-refractivity contribution in [3.63, 3.8) is 0 Å². The van der Waals surface area contributed by atoms with Crippen molar-refractivity contribution in [2.24, 2.45) is 10.9 Å².